The topological polar surface area (TPSA) is 82.1 Å². The van der Waals surface area contributed by atoms with Gasteiger partial charge >= 0.3 is 11.9 Å². The lowest BCUT2D eigenvalue weighted by atomic mass is 10.4. The van der Waals surface area contributed by atoms with Gasteiger partial charge in [-0.1, -0.05) is 13.3 Å². The Morgan fingerprint density at radius 2 is 1.56 bits per heavy atom. The maximum absolute atomic E-state index is 10.4. The number of unbranched alkanes of at least 4 members (excludes halogenated alkanes) is 1. The van der Waals surface area contributed by atoms with Crippen LogP contribution >= 0.6 is 0 Å². The summed E-state index contributed by atoms with van der Waals surface area (Å²) in [6.07, 6.45) is 2.11. The van der Waals surface area contributed by atoms with Crippen molar-refractivity contribution in [2.24, 2.45) is 0 Å². The maximum Gasteiger partial charge on any atom is 0.417 e. The number of esters is 1. The van der Waals surface area contributed by atoms with Gasteiger partial charge in [0.25, 0.3) is 0 Å². The van der Waals surface area contributed by atoms with Crippen LogP contribution in [0.25, 0.3) is 0 Å². The normalized spacial score (nSPS) is 10.1. The molecule has 94 valence electrons. The Labute approximate surface area is 94.5 Å². The van der Waals surface area contributed by atoms with Gasteiger partial charge in [0.05, 0.1) is 19.8 Å². The van der Waals surface area contributed by atoms with Crippen molar-refractivity contribution in [1.82, 2.24) is 0 Å². The second kappa shape index (κ2) is 10.4. The number of carbonyl (C=O) groups is 2. The quantitative estimate of drug-likeness (QED) is 0.354. The average molecular weight is 234 g/mol. The van der Waals surface area contributed by atoms with Gasteiger partial charge in [-0.2, -0.15) is 0 Å². The molecule has 0 bridgehead atoms. The van der Waals surface area contributed by atoms with Crippen LogP contribution < -0.4 is 0 Å². The largest absolute Gasteiger partial charge is 0.473 e. The second-order valence-electron chi connectivity index (χ2n) is 3.02. The van der Waals surface area contributed by atoms with Gasteiger partial charge < -0.3 is 19.3 Å². The van der Waals surface area contributed by atoms with Crippen LogP contribution in [0.1, 0.15) is 19.8 Å². The molecule has 0 unspecified atom stereocenters. The number of aliphatic carboxylic acids is 1. The van der Waals surface area contributed by atoms with Gasteiger partial charge in [-0.3, -0.25) is 0 Å². The Hall–Kier alpha value is -1.14. The van der Waals surface area contributed by atoms with E-state index in [-0.39, 0.29) is 13.2 Å². The molecule has 0 amide bonds. The van der Waals surface area contributed by atoms with E-state index < -0.39 is 11.9 Å². The van der Waals surface area contributed by atoms with Crippen molar-refractivity contribution in [2.75, 3.05) is 33.0 Å². The molecule has 0 aliphatic carbocycles. The summed E-state index contributed by atoms with van der Waals surface area (Å²) < 4.78 is 14.6. The molecule has 1 N–H and O–H groups in total. The molecule has 0 aliphatic heterocycles. The molecule has 0 aromatic rings. The van der Waals surface area contributed by atoms with E-state index in [0.29, 0.717) is 19.8 Å². The highest BCUT2D eigenvalue weighted by Gasteiger charge is 2.11. The van der Waals surface area contributed by atoms with Crippen molar-refractivity contribution in [3.05, 3.63) is 0 Å². The number of rotatable bonds is 9. The van der Waals surface area contributed by atoms with E-state index in [1.165, 1.54) is 0 Å². The summed E-state index contributed by atoms with van der Waals surface area (Å²) in [4.78, 5) is 20.5. The van der Waals surface area contributed by atoms with Crippen LogP contribution in [0.2, 0.25) is 0 Å². The lowest BCUT2D eigenvalue weighted by Gasteiger charge is -2.05. The molecule has 0 aromatic carbocycles. The fraction of sp³-hybridized carbons (Fsp3) is 0.800. The molecule has 0 fully saturated rings. The van der Waals surface area contributed by atoms with Crippen molar-refractivity contribution in [3.63, 3.8) is 0 Å². The standard InChI is InChI=1S/C10H18O6/c1-2-3-4-14-5-6-15-7-8-16-10(13)9(11)12/h2-8H2,1H3,(H,11,12). The van der Waals surface area contributed by atoms with Crippen LogP contribution in [0, 0.1) is 0 Å². The Kier molecular flexibility index (Phi) is 9.64. The van der Waals surface area contributed by atoms with Crippen molar-refractivity contribution in [2.45, 2.75) is 19.8 Å². The van der Waals surface area contributed by atoms with E-state index in [0.717, 1.165) is 12.8 Å². The van der Waals surface area contributed by atoms with Crippen LogP contribution in [0.15, 0.2) is 0 Å². The minimum atomic E-state index is -1.59. The third kappa shape index (κ3) is 9.42. The summed E-state index contributed by atoms with van der Waals surface area (Å²) >= 11 is 0. The van der Waals surface area contributed by atoms with Gasteiger partial charge in [0, 0.05) is 6.61 Å². The molecule has 0 radical (unpaired) electrons. The monoisotopic (exact) mass is 234 g/mol. The number of ether oxygens (including phenoxy) is 3. The van der Waals surface area contributed by atoms with Crippen molar-refractivity contribution in [3.8, 4) is 0 Å². The molecule has 16 heavy (non-hydrogen) atoms. The van der Waals surface area contributed by atoms with Crippen LogP contribution in [0.5, 0.6) is 0 Å². The van der Waals surface area contributed by atoms with E-state index in [1.807, 2.05) is 0 Å². The molecule has 0 heterocycles. The van der Waals surface area contributed by atoms with Gasteiger partial charge in [-0.15, -0.1) is 0 Å². The highest BCUT2D eigenvalue weighted by molar-refractivity contribution is 6.28. The average Bonchev–Trinajstić information content (AvgIpc) is 2.26. The summed E-state index contributed by atoms with van der Waals surface area (Å²) in [5, 5.41) is 8.17. The lowest BCUT2D eigenvalue weighted by Crippen LogP contribution is -2.19. The molecule has 0 rings (SSSR count). The lowest BCUT2D eigenvalue weighted by molar-refractivity contribution is -0.164. The van der Waals surface area contributed by atoms with Gasteiger partial charge in [0.1, 0.15) is 6.61 Å². The molecule has 0 aliphatic rings. The minimum absolute atomic E-state index is 0.0555. The molecule has 6 heteroatoms. The molecule has 6 nitrogen and oxygen atoms in total. The van der Waals surface area contributed by atoms with Crippen LogP contribution in [0.3, 0.4) is 0 Å². The number of hydrogen-bond donors (Lipinski definition) is 1. The van der Waals surface area contributed by atoms with E-state index in [4.69, 9.17) is 14.6 Å². The molecule has 0 saturated carbocycles. The first-order chi connectivity index (χ1) is 7.68. The number of carboxylic acid groups (broad SMARTS) is 1. The van der Waals surface area contributed by atoms with Crippen molar-refractivity contribution in [1.29, 1.82) is 0 Å². The smallest absolute Gasteiger partial charge is 0.417 e. The van der Waals surface area contributed by atoms with Gasteiger partial charge in [0.15, 0.2) is 0 Å². The molecule has 0 atom stereocenters. The number of hydrogen-bond acceptors (Lipinski definition) is 5. The predicted molar refractivity (Wildman–Crippen MR) is 55.1 cm³/mol. The third-order valence-corrected chi connectivity index (χ3v) is 1.65. The van der Waals surface area contributed by atoms with E-state index >= 15 is 0 Å². The van der Waals surface area contributed by atoms with E-state index in [2.05, 4.69) is 11.7 Å². The van der Waals surface area contributed by atoms with Gasteiger partial charge in [-0.05, 0) is 6.42 Å². The first-order valence-electron chi connectivity index (χ1n) is 5.24. The predicted octanol–water partition coefficient (Wildman–Crippen LogP) is 0.447. The molecular weight excluding hydrogens is 216 g/mol. The fourth-order valence-corrected chi connectivity index (χ4v) is 0.823. The summed E-state index contributed by atoms with van der Waals surface area (Å²) in [7, 11) is 0. The summed E-state index contributed by atoms with van der Waals surface area (Å²) in [5.41, 5.74) is 0. The van der Waals surface area contributed by atoms with Crippen molar-refractivity contribution >= 4 is 11.9 Å². The second-order valence-corrected chi connectivity index (χ2v) is 3.02. The van der Waals surface area contributed by atoms with Crippen LogP contribution in [0.4, 0.5) is 0 Å². The highest BCUT2D eigenvalue weighted by atomic mass is 16.6. The highest BCUT2D eigenvalue weighted by Crippen LogP contribution is 1.88. The summed E-state index contributed by atoms with van der Waals surface area (Å²) in [5.74, 6) is -2.86. The third-order valence-electron chi connectivity index (χ3n) is 1.65. The van der Waals surface area contributed by atoms with Crippen molar-refractivity contribution < 1.29 is 28.9 Å². The van der Waals surface area contributed by atoms with Gasteiger partial charge in [0.2, 0.25) is 0 Å². The number of carboxylic acids is 1. The Morgan fingerprint density at radius 1 is 1.00 bits per heavy atom. The molecule has 0 aromatic heterocycles. The Morgan fingerprint density at radius 3 is 2.12 bits per heavy atom. The Balaban J connectivity index is 3.10. The zero-order chi connectivity index (χ0) is 12.2. The fourth-order valence-electron chi connectivity index (χ4n) is 0.823. The SMILES string of the molecule is CCCCOCCOCCOC(=O)C(=O)O. The first-order valence-corrected chi connectivity index (χ1v) is 5.24. The van der Waals surface area contributed by atoms with Crippen LogP contribution in [-0.4, -0.2) is 50.1 Å². The molecule has 0 spiro atoms. The number of carbonyl (C=O) groups excluding carboxylic acids is 1. The molecular formula is C10H18O6. The first kappa shape index (κ1) is 14.9. The van der Waals surface area contributed by atoms with E-state index in [1.54, 1.807) is 0 Å². The zero-order valence-electron chi connectivity index (χ0n) is 9.44. The summed E-state index contributed by atoms with van der Waals surface area (Å²) in [6, 6.07) is 0. The van der Waals surface area contributed by atoms with E-state index in [9.17, 15) is 9.59 Å². The van der Waals surface area contributed by atoms with Crippen LogP contribution in [-0.2, 0) is 23.8 Å². The molecule has 0 saturated heterocycles. The minimum Gasteiger partial charge on any atom is -0.473 e. The zero-order valence-corrected chi connectivity index (χ0v) is 9.44. The Bertz CT molecular complexity index is 203. The van der Waals surface area contributed by atoms with Gasteiger partial charge in [-0.25, -0.2) is 9.59 Å². The maximum atomic E-state index is 10.4. The summed E-state index contributed by atoms with van der Waals surface area (Å²) in [6.45, 7) is 3.82.